The number of hydrogen-bond acceptors (Lipinski definition) is 3. The van der Waals surface area contributed by atoms with Gasteiger partial charge in [0.25, 0.3) is 0 Å². The highest BCUT2D eigenvalue weighted by atomic mass is 127. The Morgan fingerprint density at radius 3 is 2.45 bits per heavy atom. The topological polar surface area (TPSA) is 42.9 Å². The number of aliphatic imine (C=N–C) groups is 1. The molecule has 1 aliphatic heterocycles. The van der Waals surface area contributed by atoms with E-state index < -0.39 is 0 Å². The average Bonchev–Trinajstić information content (AvgIpc) is 3.29. The molecule has 5 nitrogen and oxygen atoms in total. The third kappa shape index (κ3) is 7.97. The second kappa shape index (κ2) is 10.6. The van der Waals surface area contributed by atoms with Gasteiger partial charge in [-0.05, 0) is 38.6 Å². The zero-order chi connectivity index (χ0) is 15.1. The van der Waals surface area contributed by atoms with Gasteiger partial charge in [0.15, 0.2) is 5.96 Å². The van der Waals surface area contributed by atoms with Crippen LogP contribution in [0.15, 0.2) is 4.99 Å². The summed E-state index contributed by atoms with van der Waals surface area (Å²) in [6.07, 6.45) is 2.76. The highest BCUT2D eigenvalue weighted by molar-refractivity contribution is 14.0. The second-order valence-corrected chi connectivity index (χ2v) is 6.75. The molecule has 2 rings (SSSR count). The van der Waals surface area contributed by atoms with E-state index in [2.05, 4.69) is 41.3 Å². The number of piperazine rings is 1. The molecule has 6 heteroatoms. The van der Waals surface area contributed by atoms with Gasteiger partial charge in [-0.1, -0.05) is 6.92 Å². The first-order chi connectivity index (χ1) is 10.2. The molecular weight excluding hydrogens is 389 g/mol. The lowest BCUT2D eigenvalue weighted by atomic mass is 10.1. The zero-order valence-electron chi connectivity index (χ0n) is 14.5. The van der Waals surface area contributed by atoms with E-state index in [-0.39, 0.29) is 24.0 Å². The molecular formula is C16H34IN5. The van der Waals surface area contributed by atoms with Gasteiger partial charge < -0.3 is 20.4 Å². The van der Waals surface area contributed by atoms with Gasteiger partial charge in [-0.3, -0.25) is 4.99 Å². The minimum absolute atomic E-state index is 0. The van der Waals surface area contributed by atoms with Gasteiger partial charge in [0.05, 0.1) is 0 Å². The van der Waals surface area contributed by atoms with E-state index in [1.807, 2.05) is 0 Å². The fourth-order valence-electron chi connectivity index (χ4n) is 2.68. The van der Waals surface area contributed by atoms with Crippen LogP contribution in [0.25, 0.3) is 0 Å². The summed E-state index contributed by atoms with van der Waals surface area (Å²) in [6, 6.07) is 0. The third-order valence-electron chi connectivity index (χ3n) is 4.33. The lowest BCUT2D eigenvalue weighted by Crippen LogP contribution is -2.46. The van der Waals surface area contributed by atoms with Gasteiger partial charge in [-0.2, -0.15) is 0 Å². The van der Waals surface area contributed by atoms with Crippen molar-refractivity contribution >= 4 is 29.9 Å². The van der Waals surface area contributed by atoms with E-state index in [4.69, 9.17) is 4.99 Å². The molecule has 1 atom stereocenters. The van der Waals surface area contributed by atoms with Crippen LogP contribution in [0.2, 0.25) is 0 Å². The van der Waals surface area contributed by atoms with Crippen LogP contribution in [0.3, 0.4) is 0 Å². The van der Waals surface area contributed by atoms with Gasteiger partial charge >= 0.3 is 0 Å². The molecule has 2 fully saturated rings. The maximum atomic E-state index is 4.75. The Hall–Kier alpha value is -0.0800. The van der Waals surface area contributed by atoms with Crippen molar-refractivity contribution in [3.05, 3.63) is 0 Å². The molecule has 0 aromatic carbocycles. The van der Waals surface area contributed by atoms with Crippen molar-refractivity contribution in [2.75, 3.05) is 59.4 Å². The molecule has 1 saturated carbocycles. The Morgan fingerprint density at radius 1 is 1.18 bits per heavy atom. The molecule has 0 aromatic heterocycles. The molecule has 0 spiro atoms. The highest BCUT2D eigenvalue weighted by Gasteiger charge is 2.21. The molecule has 0 aromatic rings. The normalized spacial score (nSPS) is 22.0. The SMILES string of the molecule is CCNC(=NCC(C)CN1CCN(C)CC1)NCC1CC1.I. The van der Waals surface area contributed by atoms with E-state index >= 15 is 0 Å². The Bertz CT molecular complexity index is 324. The van der Waals surface area contributed by atoms with Crippen LogP contribution in [0.5, 0.6) is 0 Å². The predicted molar refractivity (Wildman–Crippen MR) is 105 cm³/mol. The largest absolute Gasteiger partial charge is 0.357 e. The molecule has 1 heterocycles. The summed E-state index contributed by atoms with van der Waals surface area (Å²) in [5, 5.41) is 6.82. The number of nitrogens with one attached hydrogen (secondary N) is 2. The fourth-order valence-corrected chi connectivity index (χ4v) is 2.68. The molecule has 1 aliphatic carbocycles. The second-order valence-electron chi connectivity index (χ2n) is 6.75. The number of halogens is 1. The van der Waals surface area contributed by atoms with E-state index in [0.29, 0.717) is 5.92 Å². The number of likely N-dealkylation sites (N-methyl/N-ethyl adjacent to an activating group) is 1. The smallest absolute Gasteiger partial charge is 0.191 e. The summed E-state index contributed by atoms with van der Waals surface area (Å²) in [6.45, 7) is 13.3. The van der Waals surface area contributed by atoms with Crippen LogP contribution in [0.1, 0.15) is 26.7 Å². The van der Waals surface area contributed by atoms with Crippen LogP contribution in [-0.2, 0) is 0 Å². The average molecular weight is 423 g/mol. The molecule has 0 amide bonds. The quantitative estimate of drug-likeness (QED) is 0.370. The number of nitrogens with zero attached hydrogens (tertiary/aromatic N) is 3. The summed E-state index contributed by atoms with van der Waals surface area (Å²) in [7, 11) is 2.21. The van der Waals surface area contributed by atoms with E-state index in [1.165, 1.54) is 45.6 Å². The Labute approximate surface area is 153 Å². The predicted octanol–water partition coefficient (Wildman–Crippen LogP) is 1.45. The minimum atomic E-state index is 0. The molecule has 0 radical (unpaired) electrons. The Morgan fingerprint density at radius 2 is 1.86 bits per heavy atom. The minimum Gasteiger partial charge on any atom is -0.357 e. The van der Waals surface area contributed by atoms with Crippen molar-refractivity contribution in [3.63, 3.8) is 0 Å². The van der Waals surface area contributed by atoms with Gasteiger partial charge in [-0.25, -0.2) is 0 Å². The molecule has 2 aliphatic rings. The molecule has 22 heavy (non-hydrogen) atoms. The molecule has 2 N–H and O–H groups in total. The third-order valence-corrected chi connectivity index (χ3v) is 4.33. The van der Waals surface area contributed by atoms with Gasteiger partial charge in [0.1, 0.15) is 0 Å². The number of guanidine groups is 1. The summed E-state index contributed by atoms with van der Waals surface area (Å²) in [5.74, 6) is 2.50. The van der Waals surface area contributed by atoms with E-state index in [1.54, 1.807) is 0 Å². The maximum Gasteiger partial charge on any atom is 0.191 e. The highest BCUT2D eigenvalue weighted by Crippen LogP contribution is 2.27. The van der Waals surface area contributed by atoms with Gasteiger partial charge in [0.2, 0.25) is 0 Å². The summed E-state index contributed by atoms with van der Waals surface area (Å²) in [4.78, 5) is 9.73. The first-order valence-corrected chi connectivity index (χ1v) is 8.60. The van der Waals surface area contributed by atoms with Crippen LogP contribution in [0, 0.1) is 11.8 Å². The maximum absolute atomic E-state index is 4.75. The van der Waals surface area contributed by atoms with Crippen LogP contribution in [0.4, 0.5) is 0 Å². The van der Waals surface area contributed by atoms with E-state index in [0.717, 1.165) is 31.5 Å². The first-order valence-electron chi connectivity index (χ1n) is 8.60. The van der Waals surface area contributed by atoms with Crippen molar-refractivity contribution in [2.24, 2.45) is 16.8 Å². The van der Waals surface area contributed by atoms with Crippen molar-refractivity contribution < 1.29 is 0 Å². The lowest BCUT2D eigenvalue weighted by Gasteiger charge is -2.33. The lowest BCUT2D eigenvalue weighted by molar-refractivity contribution is 0.140. The molecule has 1 unspecified atom stereocenters. The summed E-state index contributed by atoms with van der Waals surface area (Å²) < 4.78 is 0. The van der Waals surface area contributed by atoms with Gasteiger partial charge in [0, 0.05) is 52.4 Å². The van der Waals surface area contributed by atoms with E-state index in [9.17, 15) is 0 Å². The van der Waals surface area contributed by atoms with Crippen molar-refractivity contribution in [3.8, 4) is 0 Å². The fraction of sp³-hybridized carbons (Fsp3) is 0.938. The van der Waals surface area contributed by atoms with Gasteiger partial charge in [-0.15, -0.1) is 24.0 Å². The standard InChI is InChI=1S/C16H33N5.HI/c1-4-17-16(19-12-15-5-6-15)18-11-14(2)13-21-9-7-20(3)8-10-21;/h14-15H,4-13H2,1-3H3,(H2,17,18,19);1H. The van der Waals surface area contributed by atoms with Crippen molar-refractivity contribution in [1.29, 1.82) is 0 Å². The summed E-state index contributed by atoms with van der Waals surface area (Å²) >= 11 is 0. The van der Waals surface area contributed by atoms with Crippen LogP contribution in [-0.4, -0.2) is 75.2 Å². The van der Waals surface area contributed by atoms with Crippen LogP contribution >= 0.6 is 24.0 Å². The van der Waals surface area contributed by atoms with Crippen LogP contribution < -0.4 is 10.6 Å². The monoisotopic (exact) mass is 423 g/mol. The molecule has 1 saturated heterocycles. The van der Waals surface area contributed by atoms with Crippen molar-refractivity contribution in [1.82, 2.24) is 20.4 Å². The molecule has 130 valence electrons. The number of hydrogen-bond donors (Lipinski definition) is 2. The summed E-state index contributed by atoms with van der Waals surface area (Å²) in [5.41, 5.74) is 0. The molecule has 0 bridgehead atoms. The first kappa shape index (κ1) is 20.0. The number of rotatable bonds is 7. The zero-order valence-corrected chi connectivity index (χ0v) is 16.8. The Kier molecular flexibility index (Phi) is 9.66. The Balaban J connectivity index is 0.00000242. The van der Waals surface area contributed by atoms with Crippen molar-refractivity contribution in [2.45, 2.75) is 26.7 Å².